The second kappa shape index (κ2) is 5.41. The van der Waals surface area contributed by atoms with Gasteiger partial charge < -0.3 is 15.1 Å². The molecule has 1 unspecified atom stereocenters. The van der Waals surface area contributed by atoms with Crippen LogP contribution in [0.1, 0.15) is 27.7 Å². The summed E-state index contributed by atoms with van der Waals surface area (Å²) < 4.78 is 0. The fourth-order valence-corrected chi connectivity index (χ4v) is 2.55. The number of nitrogens with one attached hydrogen (secondary N) is 1. The van der Waals surface area contributed by atoms with E-state index in [-0.39, 0.29) is 5.54 Å². The van der Waals surface area contributed by atoms with Gasteiger partial charge in [0.25, 0.3) is 0 Å². The minimum atomic E-state index is 0.181. The van der Waals surface area contributed by atoms with Crippen LogP contribution in [0.5, 0.6) is 0 Å². The number of hydrogen-bond acceptors (Lipinski definition) is 3. The minimum Gasteiger partial charge on any atom is -0.371 e. The normalized spacial score (nSPS) is 17.3. The first kappa shape index (κ1) is 14.2. The SMILES string of the molecule is CC(CNC(C)(C)C)N1CCN(C)c2ccccc21. The summed E-state index contributed by atoms with van der Waals surface area (Å²) in [5, 5.41) is 3.61. The number of fused-ring (bicyclic) bond motifs is 1. The maximum absolute atomic E-state index is 3.61. The van der Waals surface area contributed by atoms with Gasteiger partial charge in [0.15, 0.2) is 0 Å². The molecule has 1 heterocycles. The molecule has 0 bridgehead atoms. The van der Waals surface area contributed by atoms with Gasteiger partial charge in [0.05, 0.1) is 11.4 Å². The molecule has 0 spiro atoms. The van der Waals surface area contributed by atoms with Gasteiger partial charge in [0.2, 0.25) is 0 Å². The van der Waals surface area contributed by atoms with Gasteiger partial charge in [-0.25, -0.2) is 0 Å². The second-order valence-electron chi connectivity index (χ2n) is 6.58. The molecule has 1 aliphatic heterocycles. The van der Waals surface area contributed by atoms with Gasteiger partial charge in [-0.3, -0.25) is 0 Å². The summed E-state index contributed by atoms with van der Waals surface area (Å²) in [6.45, 7) is 12.2. The molecule has 1 aromatic rings. The maximum Gasteiger partial charge on any atom is 0.0607 e. The third-order valence-electron chi connectivity index (χ3n) is 3.74. The molecule has 1 N–H and O–H groups in total. The van der Waals surface area contributed by atoms with Crippen molar-refractivity contribution in [1.29, 1.82) is 0 Å². The first-order chi connectivity index (χ1) is 8.88. The lowest BCUT2D eigenvalue weighted by molar-refractivity contribution is 0.403. The summed E-state index contributed by atoms with van der Waals surface area (Å²) >= 11 is 0. The molecule has 3 heteroatoms. The quantitative estimate of drug-likeness (QED) is 0.902. The molecular formula is C16H27N3. The summed E-state index contributed by atoms with van der Waals surface area (Å²) in [6.07, 6.45) is 0. The van der Waals surface area contributed by atoms with Crippen molar-refractivity contribution in [2.75, 3.05) is 36.5 Å². The van der Waals surface area contributed by atoms with Crippen molar-refractivity contribution in [3.8, 4) is 0 Å². The lowest BCUT2D eigenvalue weighted by Gasteiger charge is -2.41. The van der Waals surface area contributed by atoms with E-state index >= 15 is 0 Å². The van der Waals surface area contributed by atoms with Gasteiger partial charge in [0, 0.05) is 38.3 Å². The van der Waals surface area contributed by atoms with Crippen LogP contribution in [0.2, 0.25) is 0 Å². The fourth-order valence-electron chi connectivity index (χ4n) is 2.55. The number of hydrogen-bond donors (Lipinski definition) is 1. The largest absolute Gasteiger partial charge is 0.371 e. The summed E-state index contributed by atoms with van der Waals surface area (Å²) in [7, 11) is 2.17. The van der Waals surface area contributed by atoms with Gasteiger partial charge in [-0.05, 0) is 39.8 Å². The Balaban J connectivity index is 2.11. The monoisotopic (exact) mass is 261 g/mol. The molecule has 0 radical (unpaired) electrons. The Kier molecular flexibility index (Phi) is 4.04. The Morgan fingerprint density at radius 3 is 2.42 bits per heavy atom. The van der Waals surface area contributed by atoms with Gasteiger partial charge in [0.1, 0.15) is 0 Å². The van der Waals surface area contributed by atoms with E-state index in [0.29, 0.717) is 6.04 Å². The number of nitrogens with zero attached hydrogens (tertiary/aromatic N) is 2. The zero-order valence-electron chi connectivity index (χ0n) is 12.9. The van der Waals surface area contributed by atoms with Crippen LogP contribution in [0, 0.1) is 0 Å². The highest BCUT2D eigenvalue weighted by molar-refractivity contribution is 5.73. The summed E-state index contributed by atoms with van der Waals surface area (Å²) in [6, 6.07) is 9.21. The van der Waals surface area contributed by atoms with E-state index in [9.17, 15) is 0 Å². The van der Waals surface area contributed by atoms with Gasteiger partial charge in [-0.15, -0.1) is 0 Å². The van der Waals surface area contributed by atoms with Crippen LogP contribution in [-0.4, -0.2) is 38.3 Å². The van der Waals surface area contributed by atoms with Crippen LogP contribution in [-0.2, 0) is 0 Å². The number of para-hydroxylation sites is 2. The zero-order chi connectivity index (χ0) is 14.0. The standard InChI is InChI=1S/C16H27N3/c1-13(12-17-16(2,3)4)19-11-10-18(5)14-8-6-7-9-15(14)19/h6-9,13,17H,10-12H2,1-5H3. The average Bonchev–Trinajstić information content (AvgIpc) is 2.36. The molecule has 0 saturated heterocycles. The molecule has 106 valence electrons. The van der Waals surface area contributed by atoms with Crippen molar-refractivity contribution < 1.29 is 0 Å². The number of anilines is 2. The van der Waals surface area contributed by atoms with Crippen molar-refractivity contribution in [3.63, 3.8) is 0 Å². The smallest absolute Gasteiger partial charge is 0.0607 e. The molecule has 19 heavy (non-hydrogen) atoms. The van der Waals surface area contributed by atoms with Crippen LogP contribution in [0.25, 0.3) is 0 Å². The van der Waals surface area contributed by atoms with Crippen LogP contribution in [0.4, 0.5) is 11.4 Å². The maximum atomic E-state index is 3.61. The molecule has 2 rings (SSSR count). The van der Waals surface area contributed by atoms with Gasteiger partial charge >= 0.3 is 0 Å². The second-order valence-corrected chi connectivity index (χ2v) is 6.58. The molecule has 1 atom stereocenters. The first-order valence-electron chi connectivity index (χ1n) is 7.20. The van der Waals surface area contributed by atoms with E-state index in [0.717, 1.165) is 19.6 Å². The van der Waals surface area contributed by atoms with Crippen LogP contribution >= 0.6 is 0 Å². The number of benzene rings is 1. The number of likely N-dealkylation sites (N-methyl/N-ethyl adjacent to an activating group) is 1. The highest BCUT2D eigenvalue weighted by atomic mass is 15.3. The lowest BCUT2D eigenvalue weighted by atomic mass is 10.1. The topological polar surface area (TPSA) is 18.5 Å². The third kappa shape index (κ3) is 3.41. The third-order valence-corrected chi connectivity index (χ3v) is 3.74. The fraction of sp³-hybridized carbons (Fsp3) is 0.625. The summed E-state index contributed by atoms with van der Waals surface area (Å²) in [5.41, 5.74) is 2.89. The molecule has 3 nitrogen and oxygen atoms in total. The molecule has 1 aromatic carbocycles. The van der Waals surface area contributed by atoms with E-state index < -0.39 is 0 Å². The van der Waals surface area contributed by atoms with Crippen molar-refractivity contribution in [2.45, 2.75) is 39.3 Å². The molecular weight excluding hydrogens is 234 g/mol. The van der Waals surface area contributed by atoms with Crippen molar-refractivity contribution in [2.24, 2.45) is 0 Å². The Hall–Kier alpha value is -1.22. The molecule has 0 aliphatic carbocycles. The van der Waals surface area contributed by atoms with Crippen LogP contribution in [0.15, 0.2) is 24.3 Å². The molecule has 0 amide bonds. The minimum absolute atomic E-state index is 0.181. The molecule has 1 aliphatic rings. The predicted octanol–water partition coefficient (Wildman–Crippen LogP) is 2.72. The predicted molar refractivity (Wildman–Crippen MR) is 84.3 cm³/mol. The Morgan fingerprint density at radius 2 is 1.79 bits per heavy atom. The summed E-state index contributed by atoms with van der Waals surface area (Å²) in [5.74, 6) is 0. The lowest BCUT2D eigenvalue weighted by Crippen LogP contribution is -2.50. The van der Waals surface area contributed by atoms with Crippen molar-refractivity contribution in [3.05, 3.63) is 24.3 Å². The average molecular weight is 261 g/mol. The highest BCUT2D eigenvalue weighted by Gasteiger charge is 2.24. The first-order valence-corrected chi connectivity index (χ1v) is 7.20. The Labute approximate surface area is 117 Å². The van der Waals surface area contributed by atoms with Crippen molar-refractivity contribution in [1.82, 2.24) is 5.32 Å². The van der Waals surface area contributed by atoms with Crippen LogP contribution < -0.4 is 15.1 Å². The van der Waals surface area contributed by atoms with E-state index in [1.165, 1.54) is 11.4 Å². The number of rotatable bonds is 3. The van der Waals surface area contributed by atoms with E-state index in [1.54, 1.807) is 0 Å². The molecule has 0 saturated carbocycles. The van der Waals surface area contributed by atoms with E-state index in [4.69, 9.17) is 0 Å². The summed E-state index contributed by atoms with van der Waals surface area (Å²) in [4.78, 5) is 4.86. The zero-order valence-corrected chi connectivity index (χ0v) is 12.9. The highest BCUT2D eigenvalue weighted by Crippen LogP contribution is 2.32. The molecule has 0 aromatic heterocycles. The van der Waals surface area contributed by atoms with E-state index in [2.05, 4.69) is 74.1 Å². The van der Waals surface area contributed by atoms with Gasteiger partial charge in [-0.1, -0.05) is 12.1 Å². The van der Waals surface area contributed by atoms with Crippen molar-refractivity contribution >= 4 is 11.4 Å². The Morgan fingerprint density at radius 1 is 1.16 bits per heavy atom. The molecule has 0 fully saturated rings. The Bertz CT molecular complexity index is 422. The van der Waals surface area contributed by atoms with Gasteiger partial charge in [-0.2, -0.15) is 0 Å². The van der Waals surface area contributed by atoms with Crippen LogP contribution in [0.3, 0.4) is 0 Å². The van der Waals surface area contributed by atoms with E-state index in [1.807, 2.05) is 0 Å².